The summed E-state index contributed by atoms with van der Waals surface area (Å²) in [6, 6.07) is 0. The maximum atomic E-state index is 11.9. The van der Waals surface area contributed by atoms with E-state index in [0.717, 1.165) is 6.33 Å². The molecule has 1 heterocycles. The van der Waals surface area contributed by atoms with Crippen LogP contribution in [0.3, 0.4) is 0 Å². The highest BCUT2D eigenvalue weighted by atomic mass is 79.9. The zero-order chi connectivity index (χ0) is 7.56. The molecule has 0 bridgehead atoms. The van der Waals surface area contributed by atoms with Gasteiger partial charge in [0, 0.05) is 6.20 Å². The summed E-state index contributed by atoms with van der Waals surface area (Å²) in [4.78, 5) is 6.91. The zero-order valence-electron chi connectivity index (χ0n) is 4.76. The normalized spacial score (nSPS) is 10.4. The van der Waals surface area contributed by atoms with Crippen LogP contribution in [-0.4, -0.2) is 9.97 Å². The quantitative estimate of drug-likeness (QED) is 0.708. The van der Waals surface area contributed by atoms with Crippen LogP contribution in [0, 0.1) is 0 Å². The summed E-state index contributed by atoms with van der Waals surface area (Å²) in [6.45, 7) is 0. The average Bonchev–Trinajstić information content (AvgIpc) is 1.88. The fourth-order valence-electron chi connectivity index (χ4n) is 0.483. The van der Waals surface area contributed by atoms with Crippen LogP contribution >= 0.6 is 15.9 Å². The van der Waals surface area contributed by atoms with E-state index in [4.69, 9.17) is 0 Å². The SMILES string of the molecule is FC(F)c1ncncc1Br. The van der Waals surface area contributed by atoms with E-state index in [1.165, 1.54) is 6.20 Å². The Morgan fingerprint density at radius 3 is 2.60 bits per heavy atom. The van der Waals surface area contributed by atoms with Gasteiger partial charge >= 0.3 is 0 Å². The standard InChI is InChI=1S/C5H3BrF2N2/c6-3-1-9-2-10-4(3)5(7)8/h1-2,5H. The van der Waals surface area contributed by atoms with Crippen LogP contribution in [0.1, 0.15) is 12.1 Å². The van der Waals surface area contributed by atoms with Gasteiger partial charge in [-0.25, -0.2) is 18.7 Å². The molecule has 5 heteroatoms. The van der Waals surface area contributed by atoms with Gasteiger partial charge in [-0.15, -0.1) is 0 Å². The Morgan fingerprint density at radius 1 is 1.50 bits per heavy atom. The largest absolute Gasteiger partial charge is 0.281 e. The minimum absolute atomic E-state index is 0.241. The minimum atomic E-state index is -2.54. The van der Waals surface area contributed by atoms with Gasteiger partial charge in [0.25, 0.3) is 6.43 Å². The highest BCUT2D eigenvalue weighted by Crippen LogP contribution is 2.23. The van der Waals surface area contributed by atoms with Crippen LogP contribution in [0.2, 0.25) is 0 Å². The van der Waals surface area contributed by atoms with Gasteiger partial charge in [0.1, 0.15) is 12.0 Å². The zero-order valence-corrected chi connectivity index (χ0v) is 6.35. The van der Waals surface area contributed by atoms with Crippen LogP contribution < -0.4 is 0 Å². The van der Waals surface area contributed by atoms with E-state index < -0.39 is 6.43 Å². The molecule has 0 radical (unpaired) electrons. The molecule has 1 aromatic rings. The maximum Gasteiger partial charge on any atom is 0.281 e. The number of halogens is 3. The van der Waals surface area contributed by atoms with Crippen molar-refractivity contribution in [2.45, 2.75) is 6.43 Å². The third-order valence-electron chi connectivity index (χ3n) is 0.903. The molecule has 2 nitrogen and oxygen atoms in total. The van der Waals surface area contributed by atoms with E-state index in [9.17, 15) is 8.78 Å². The molecular formula is C5H3BrF2N2. The van der Waals surface area contributed by atoms with Gasteiger partial charge in [0.15, 0.2) is 0 Å². The van der Waals surface area contributed by atoms with Crippen molar-refractivity contribution in [1.29, 1.82) is 0 Å². The van der Waals surface area contributed by atoms with Crippen molar-refractivity contribution in [1.82, 2.24) is 9.97 Å². The first kappa shape index (κ1) is 7.53. The molecule has 54 valence electrons. The van der Waals surface area contributed by atoms with E-state index >= 15 is 0 Å². The second kappa shape index (κ2) is 3.01. The maximum absolute atomic E-state index is 11.9. The van der Waals surface area contributed by atoms with Crippen molar-refractivity contribution >= 4 is 15.9 Å². The minimum Gasteiger partial charge on any atom is -0.244 e. The smallest absolute Gasteiger partial charge is 0.244 e. The lowest BCUT2D eigenvalue weighted by atomic mass is 10.4. The number of alkyl halides is 2. The van der Waals surface area contributed by atoms with Gasteiger partial charge in [0.2, 0.25) is 0 Å². The van der Waals surface area contributed by atoms with Crippen molar-refractivity contribution in [3.05, 3.63) is 22.7 Å². The summed E-state index contributed by atoms with van der Waals surface area (Å²) in [5.41, 5.74) is -0.269. The third-order valence-corrected chi connectivity index (χ3v) is 1.51. The predicted molar refractivity (Wildman–Crippen MR) is 34.7 cm³/mol. The molecule has 0 spiro atoms. The number of nitrogens with zero attached hydrogens (tertiary/aromatic N) is 2. The first-order valence-corrected chi connectivity index (χ1v) is 3.24. The average molecular weight is 209 g/mol. The molecule has 0 unspecified atom stereocenters. The van der Waals surface area contributed by atoms with Gasteiger partial charge in [0.05, 0.1) is 4.47 Å². The number of aromatic nitrogens is 2. The highest BCUT2D eigenvalue weighted by Gasteiger charge is 2.11. The van der Waals surface area contributed by atoms with E-state index in [1.54, 1.807) is 0 Å². The van der Waals surface area contributed by atoms with Gasteiger partial charge in [-0.2, -0.15) is 0 Å². The predicted octanol–water partition coefficient (Wildman–Crippen LogP) is 2.18. The van der Waals surface area contributed by atoms with Crippen molar-refractivity contribution < 1.29 is 8.78 Å². The molecule has 0 N–H and O–H groups in total. The Hall–Kier alpha value is -0.580. The lowest BCUT2D eigenvalue weighted by molar-refractivity contribution is 0.145. The van der Waals surface area contributed by atoms with E-state index in [-0.39, 0.29) is 10.2 Å². The van der Waals surface area contributed by atoms with Crippen molar-refractivity contribution in [2.24, 2.45) is 0 Å². The van der Waals surface area contributed by atoms with Crippen molar-refractivity contribution in [3.63, 3.8) is 0 Å². The topological polar surface area (TPSA) is 25.8 Å². The van der Waals surface area contributed by atoms with Crippen molar-refractivity contribution in [3.8, 4) is 0 Å². The summed E-state index contributed by atoms with van der Waals surface area (Å²) in [5, 5.41) is 0. The Balaban J connectivity index is 3.03. The molecule has 0 amide bonds. The lowest BCUT2D eigenvalue weighted by Gasteiger charge is -1.97. The molecule has 1 rings (SSSR count). The number of hydrogen-bond donors (Lipinski definition) is 0. The lowest BCUT2D eigenvalue weighted by Crippen LogP contribution is -1.91. The van der Waals surface area contributed by atoms with Crippen molar-refractivity contribution in [2.75, 3.05) is 0 Å². The first-order chi connectivity index (χ1) is 4.72. The Morgan fingerprint density at radius 2 is 2.20 bits per heavy atom. The molecule has 0 aliphatic rings. The number of hydrogen-bond acceptors (Lipinski definition) is 2. The molecule has 0 aromatic carbocycles. The third kappa shape index (κ3) is 1.47. The van der Waals surface area contributed by atoms with Gasteiger partial charge < -0.3 is 0 Å². The van der Waals surface area contributed by atoms with Gasteiger partial charge in [-0.3, -0.25) is 0 Å². The second-order valence-electron chi connectivity index (χ2n) is 1.56. The number of rotatable bonds is 1. The molecule has 1 aromatic heterocycles. The molecule has 0 aliphatic carbocycles. The monoisotopic (exact) mass is 208 g/mol. The molecule has 0 atom stereocenters. The van der Waals surface area contributed by atoms with Crippen LogP contribution in [0.25, 0.3) is 0 Å². The molecule has 0 saturated carbocycles. The summed E-state index contributed by atoms with van der Waals surface area (Å²) in [6.07, 6.45) is -0.168. The summed E-state index contributed by atoms with van der Waals surface area (Å²) in [5.74, 6) is 0. The van der Waals surface area contributed by atoms with Gasteiger partial charge in [-0.1, -0.05) is 0 Å². The summed E-state index contributed by atoms with van der Waals surface area (Å²) < 4.78 is 24.1. The summed E-state index contributed by atoms with van der Waals surface area (Å²) >= 11 is 2.89. The van der Waals surface area contributed by atoms with Crippen LogP contribution in [-0.2, 0) is 0 Å². The Labute approximate surface area is 64.4 Å². The molecule has 0 fully saturated rings. The second-order valence-corrected chi connectivity index (χ2v) is 2.41. The molecule has 0 aliphatic heterocycles. The van der Waals surface area contributed by atoms with E-state index in [0.29, 0.717) is 0 Å². The fourth-order valence-corrected chi connectivity index (χ4v) is 0.876. The molecule has 10 heavy (non-hydrogen) atoms. The fraction of sp³-hybridized carbons (Fsp3) is 0.200. The first-order valence-electron chi connectivity index (χ1n) is 2.45. The summed E-state index contributed by atoms with van der Waals surface area (Å²) in [7, 11) is 0. The van der Waals surface area contributed by atoms with Crippen LogP contribution in [0.5, 0.6) is 0 Å². The Bertz CT molecular complexity index is 229. The van der Waals surface area contributed by atoms with Crippen LogP contribution in [0.15, 0.2) is 17.0 Å². The van der Waals surface area contributed by atoms with Crippen LogP contribution in [0.4, 0.5) is 8.78 Å². The van der Waals surface area contributed by atoms with E-state index in [1.807, 2.05) is 0 Å². The Kier molecular flexibility index (Phi) is 2.26. The molecule has 0 saturated heterocycles. The van der Waals surface area contributed by atoms with E-state index in [2.05, 4.69) is 25.9 Å². The van der Waals surface area contributed by atoms with Gasteiger partial charge in [-0.05, 0) is 15.9 Å². The molecular weight excluding hydrogens is 206 g/mol. The highest BCUT2D eigenvalue weighted by molar-refractivity contribution is 9.10.